The maximum absolute atomic E-state index is 12.0. The predicted molar refractivity (Wildman–Crippen MR) is 124 cm³/mol. The molecule has 11 heteroatoms. The van der Waals surface area contributed by atoms with E-state index in [1.54, 1.807) is 62.6 Å². The van der Waals surface area contributed by atoms with Gasteiger partial charge in [0.1, 0.15) is 23.6 Å². The number of ether oxygens (including phenoxy) is 3. The van der Waals surface area contributed by atoms with Crippen LogP contribution in [0.15, 0.2) is 63.8 Å². The SMILES string of the molecule is CCOC(=O)CNc1nc(Nc2ccc(OC)cc2)nc(Oc2cc(=O)oc3ccccc23)n1. The first kappa shape index (κ1) is 22.5. The highest BCUT2D eigenvalue weighted by Crippen LogP contribution is 2.28. The van der Waals surface area contributed by atoms with Crippen LogP contribution >= 0.6 is 0 Å². The number of hydrogen-bond acceptors (Lipinski definition) is 11. The molecule has 0 radical (unpaired) electrons. The number of nitrogens with zero attached hydrogens (tertiary/aromatic N) is 3. The fraction of sp³-hybridized carbons (Fsp3) is 0.174. The summed E-state index contributed by atoms with van der Waals surface area (Å²) in [4.78, 5) is 36.5. The van der Waals surface area contributed by atoms with Gasteiger partial charge >= 0.3 is 17.6 Å². The molecule has 174 valence electrons. The van der Waals surface area contributed by atoms with Crippen LogP contribution in [0.3, 0.4) is 0 Å². The van der Waals surface area contributed by atoms with Crippen molar-refractivity contribution in [1.29, 1.82) is 0 Å². The highest BCUT2D eigenvalue weighted by Gasteiger charge is 2.14. The Morgan fingerprint density at radius 1 is 1.03 bits per heavy atom. The van der Waals surface area contributed by atoms with E-state index in [0.717, 1.165) is 0 Å². The van der Waals surface area contributed by atoms with Gasteiger partial charge in [0, 0.05) is 5.69 Å². The molecule has 11 nitrogen and oxygen atoms in total. The molecule has 0 amide bonds. The van der Waals surface area contributed by atoms with Gasteiger partial charge in [-0.2, -0.15) is 15.0 Å². The second-order valence-corrected chi connectivity index (χ2v) is 6.81. The molecule has 0 saturated heterocycles. The van der Waals surface area contributed by atoms with E-state index in [9.17, 15) is 9.59 Å². The maximum atomic E-state index is 12.0. The van der Waals surface area contributed by atoms with Crippen molar-refractivity contribution in [2.75, 3.05) is 30.9 Å². The predicted octanol–water partition coefficient (Wildman–Crippen LogP) is 3.50. The summed E-state index contributed by atoms with van der Waals surface area (Å²) >= 11 is 0. The Morgan fingerprint density at radius 2 is 1.79 bits per heavy atom. The van der Waals surface area contributed by atoms with Crippen molar-refractivity contribution >= 4 is 34.5 Å². The Balaban J connectivity index is 1.66. The standard InChI is InChI=1S/C23H21N5O6/c1-3-32-20(30)13-24-21-26-22(25-14-8-10-15(31-2)11-9-14)28-23(27-21)34-18-12-19(29)33-17-7-5-4-6-16(17)18/h4-12H,3,13H2,1-2H3,(H2,24,25,26,27,28). The average molecular weight is 463 g/mol. The van der Waals surface area contributed by atoms with Gasteiger partial charge in [0.15, 0.2) is 0 Å². The minimum Gasteiger partial charge on any atom is -0.497 e. The number of benzene rings is 2. The first-order valence-electron chi connectivity index (χ1n) is 10.3. The summed E-state index contributed by atoms with van der Waals surface area (Å²) in [5.41, 5.74) is 0.455. The zero-order chi connectivity index (χ0) is 23.9. The van der Waals surface area contributed by atoms with E-state index < -0.39 is 11.6 Å². The Labute approximate surface area is 193 Å². The first-order chi connectivity index (χ1) is 16.5. The Hall–Kier alpha value is -4.67. The van der Waals surface area contributed by atoms with Crippen molar-refractivity contribution in [3.8, 4) is 17.5 Å². The van der Waals surface area contributed by atoms with Crippen LogP contribution in [0.1, 0.15) is 6.92 Å². The molecular weight excluding hydrogens is 442 g/mol. The molecule has 2 N–H and O–H groups in total. The number of anilines is 3. The second kappa shape index (κ2) is 10.3. The summed E-state index contributed by atoms with van der Waals surface area (Å²) in [5, 5.41) is 6.40. The highest BCUT2D eigenvalue weighted by molar-refractivity contribution is 5.83. The number of hydrogen-bond donors (Lipinski definition) is 2. The van der Waals surface area contributed by atoms with Gasteiger partial charge in [-0.1, -0.05) is 12.1 Å². The number of nitrogens with one attached hydrogen (secondary N) is 2. The van der Waals surface area contributed by atoms with Gasteiger partial charge in [-0.15, -0.1) is 0 Å². The molecule has 0 spiro atoms. The Bertz CT molecular complexity index is 1360. The zero-order valence-corrected chi connectivity index (χ0v) is 18.4. The lowest BCUT2D eigenvalue weighted by Gasteiger charge is -2.11. The topological polar surface area (TPSA) is 138 Å². The molecule has 34 heavy (non-hydrogen) atoms. The van der Waals surface area contributed by atoms with Crippen molar-refractivity contribution < 1.29 is 23.4 Å². The number of para-hydroxylation sites is 1. The third-order valence-corrected chi connectivity index (χ3v) is 4.47. The molecule has 0 bridgehead atoms. The van der Waals surface area contributed by atoms with Gasteiger partial charge in [0.05, 0.1) is 25.2 Å². The summed E-state index contributed by atoms with van der Waals surface area (Å²) in [6, 6.07) is 15.1. The molecule has 0 fully saturated rings. The van der Waals surface area contributed by atoms with Crippen LogP contribution in [0.25, 0.3) is 11.0 Å². The molecule has 0 saturated carbocycles. The number of rotatable bonds is 9. The molecule has 0 aliphatic heterocycles. The number of carbonyl (C=O) groups is 1. The van der Waals surface area contributed by atoms with Crippen LogP contribution < -0.4 is 25.7 Å². The van der Waals surface area contributed by atoms with Crippen LogP contribution in [0.2, 0.25) is 0 Å². The van der Waals surface area contributed by atoms with E-state index in [0.29, 0.717) is 22.4 Å². The summed E-state index contributed by atoms with van der Waals surface area (Å²) in [7, 11) is 1.58. The van der Waals surface area contributed by atoms with E-state index >= 15 is 0 Å². The van der Waals surface area contributed by atoms with E-state index in [2.05, 4.69) is 25.6 Å². The Kier molecular flexibility index (Phi) is 6.82. The lowest BCUT2D eigenvalue weighted by Crippen LogP contribution is -2.18. The second-order valence-electron chi connectivity index (χ2n) is 6.81. The van der Waals surface area contributed by atoms with Gasteiger partial charge < -0.3 is 29.3 Å². The van der Waals surface area contributed by atoms with E-state index in [4.69, 9.17) is 18.6 Å². The minimum atomic E-state index is -0.583. The van der Waals surface area contributed by atoms with Crippen LogP contribution in [0.5, 0.6) is 17.5 Å². The average Bonchev–Trinajstić information content (AvgIpc) is 2.83. The van der Waals surface area contributed by atoms with Gasteiger partial charge in [0.2, 0.25) is 11.9 Å². The fourth-order valence-corrected chi connectivity index (χ4v) is 2.97. The molecule has 0 aliphatic rings. The zero-order valence-electron chi connectivity index (χ0n) is 18.4. The van der Waals surface area contributed by atoms with Crippen LogP contribution in [0, 0.1) is 0 Å². The summed E-state index contributed by atoms with van der Waals surface area (Å²) in [6.45, 7) is 1.81. The summed E-state index contributed by atoms with van der Waals surface area (Å²) in [5.74, 6) is 0.651. The van der Waals surface area contributed by atoms with Crippen LogP contribution in [-0.2, 0) is 9.53 Å². The van der Waals surface area contributed by atoms with Gasteiger partial charge in [-0.05, 0) is 43.3 Å². The number of esters is 1. The van der Waals surface area contributed by atoms with Crippen LogP contribution in [-0.4, -0.2) is 41.2 Å². The highest BCUT2D eigenvalue weighted by atomic mass is 16.5. The van der Waals surface area contributed by atoms with Gasteiger partial charge in [0.25, 0.3) is 0 Å². The molecule has 0 unspecified atom stereocenters. The molecule has 0 aliphatic carbocycles. The number of fused-ring (bicyclic) bond motifs is 1. The number of carbonyl (C=O) groups excluding carboxylic acids is 1. The molecule has 0 atom stereocenters. The molecular formula is C23H21N5O6. The third-order valence-electron chi connectivity index (χ3n) is 4.47. The lowest BCUT2D eigenvalue weighted by molar-refractivity contribution is -0.140. The van der Waals surface area contributed by atoms with E-state index in [1.807, 2.05) is 0 Å². The molecule has 4 aromatic rings. The van der Waals surface area contributed by atoms with Crippen molar-refractivity contribution in [3.05, 3.63) is 65.0 Å². The summed E-state index contributed by atoms with van der Waals surface area (Å²) < 4.78 is 21.1. The summed E-state index contributed by atoms with van der Waals surface area (Å²) in [6.07, 6.45) is 0. The Morgan fingerprint density at radius 3 is 2.56 bits per heavy atom. The maximum Gasteiger partial charge on any atom is 0.339 e. The molecule has 2 aromatic carbocycles. The lowest BCUT2D eigenvalue weighted by atomic mass is 10.2. The van der Waals surface area contributed by atoms with Crippen molar-refractivity contribution in [2.45, 2.75) is 6.92 Å². The van der Waals surface area contributed by atoms with Crippen LogP contribution in [0.4, 0.5) is 17.6 Å². The largest absolute Gasteiger partial charge is 0.497 e. The quantitative estimate of drug-likeness (QED) is 0.279. The third kappa shape index (κ3) is 5.57. The van der Waals surface area contributed by atoms with Gasteiger partial charge in [-0.3, -0.25) is 4.79 Å². The van der Waals surface area contributed by atoms with Crippen molar-refractivity contribution in [1.82, 2.24) is 15.0 Å². The van der Waals surface area contributed by atoms with Gasteiger partial charge in [-0.25, -0.2) is 4.79 Å². The van der Waals surface area contributed by atoms with Crippen molar-refractivity contribution in [2.24, 2.45) is 0 Å². The normalized spacial score (nSPS) is 10.5. The first-order valence-corrected chi connectivity index (χ1v) is 10.3. The van der Waals surface area contributed by atoms with E-state index in [-0.39, 0.29) is 36.8 Å². The minimum absolute atomic E-state index is 0.0707. The van der Waals surface area contributed by atoms with Crippen molar-refractivity contribution in [3.63, 3.8) is 0 Å². The molecule has 2 heterocycles. The number of aromatic nitrogens is 3. The van der Waals surface area contributed by atoms with E-state index in [1.165, 1.54) is 6.07 Å². The monoisotopic (exact) mass is 463 g/mol. The smallest absolute Gasteiger partial charge is 0.339 e. The molecule has 4 rings (SSSR count). The fourth-order valence-electron chi connectivity index (χ4n) is 2.97. The number of methoxy groups -OCH3 is 1. The molecule has 2 aromatic heterocycles.